The molecule has 10 nitrogen and oxygen atoms in total. The number of amides is 2. The number of piperidine rings is 1. The average Bonchev–Trinajstić information content (AvgIpc) is 3.33. The number of hydrogen-bond acceptors (Lipinski definition) is 7. The van der Waals surface area contributed by atoms with E-state index in [2.05, 4.69) is 20.1 Å². The minimum atomic E-state index is -4.86. The van der Waals surface area contributed by atoms with E-state index in [4.69, 9.17) is 10.5 Å². The van der Waals surface area contributed by atoms with Crippen LogP contribution in [-0.2, 0) is 4.74 Å². The first-order chi connectivity index (χ1) is 18.3. The number of halogens is 3. The molecule has 0 aliphatic carbocycles. The van der Waals surface area contributed by atoms with Crippen LogP contribution in [-0.4, -0.2) is 56.7 Å². The van der Waals surface area contributed by atoms with E-state index in [0.717, 1.165) is 12.1 Å². The molecule has 2 aromatic heterocycles. The Morgan fingerprint density at radius 1 is 1.08 bits per heavy atom. The minimum absolute atomic E-state index is 0.0409. The maximum absolute atomic E-state index is 12.9. The number of nitrogens with zero attached hydrogens (tertiary/aromatic N) is 4. The maximum Gasteiger partial charge on any atom is 0.573 e. The second-order valence-corrected chi connectivity index (χ2v) is 10.1. The van der Waals surface area contributed by atoms with Crippen molar-refractivity contribution in [2.75, 3.05) is 24.1 Å². The summed E-state index contributed by atoms with van der Waals surface area (Å²) in [5, 5.41) is 6.98. The third-order valence-corrected chi connectivity index (χ3v) is 5.91. The van der Waals surface area contributed by atoms with Crippen molar-refractivity contribution in [3.63, 3.8) is 0 Å². The largest absolute Gasteiger partial charge is 0.573 e. The number of rotatable bonds is 5. The van der Waals surface area contributed by atoms with Crippen LogP contribution in [0.2, 0.25) is 0 Å². The Kier molecular flexibility index (Phi) is 7.70. The third-order valence-electron chi connectivity index (χ3n) is 5.91. The Balaban J connectivity index is 1.43. The standard InChI is InChI=1S/C26H29F3N6O4/c1-25(2,3)39-24(37)34-9-7-19(8-10-34)35-15-17(14-32-35)16-11-21(22(30)31-13-16)23(36)33-18-5-4-6-20(12-18)38-26(27,28)29/h4-6,11-15,19H,7-10H2,1-3H3,(H2,30,31)(H,33,36). The van der Waals surface area contributed by atoms with Crippen molar-refractivity contribution >= 4 is 23.5 Å². The second-order valence-electron chi connectivity index (χ2n) is 10.1. The van der Waals surface area contributed by atoms with Crippen molar-refractivity contribution in [2.24, 2.45) is 0 Å². The summed E-state index contributed by atoms with van der Waals surface area (Å²) < 4.78 is 48.7. The van der Waals surface area contributed by atoms with Gasteiger partial charge in [-0.25, -0.2) is 9.78 Å². The zero-order valence-electron chi connectivity index (χ0n) is 21.7. The number of carbonyl (C=O) groups excluding carboxylic acids is 2. The number of pyridine rings is 1. The van der Waals surface area contributed by atoms with E-state index >= 15 is 0 Å². The number of nitrogens with two attached hydrogens (primary N) is 1. The van der Waals surface area contributed by atoms with Gasteiger partial charge < -0.3 is 25.4 Å². The van der Waals surface area contributed by atoms with Gasteiger partial charge in [0.05, 0.1) is 17.8 Å². The number of benzene rings is 1. The van der Waals surface area contributed by atoms with Crippen molar-refractivity contribution in [3.8, 4) is 16.9 Å². The van der Waals surface area contributed by atoms with Crippen LogP contribution in [0, 0.1) is 0 Å². The van der Waals surface area contributed by atoms with Crippen molar-refractivity contribution in [1.82, 2.24) is 19.7 Å². The highest BCUT2D eigenvalue weighted by atomic mass is 19.4. The Hall–Kier alpha value is -4.29. The van der Waals surface area contributed by atoms with Gasteiger partial charge in [0, 0.05) is 48.4 Å². The Labute approximate surface area is 222 Å². The van der Waals surface area contributed by atoms with Gasteiger partial charge in [-0.1, -0.05) is 6.07 Å². The Morgan fingerprint density at radius 2 is 1.79 bits per heavy atom. The van der Waals surface area contributed by atoms with Crippen molar-refractivity contribution in [1.29, 1.82) is 0 Å². The molecular weight excluding hydrogens is 517 g/mol. The van der Waals surface area contributed by atoms with Crippen LogP contribution in [0.25, 0.3) is 11.1 Å². The topological polar surface area (TPSA) is 125 Å². The fourth-order valence-electron chi connectivity index (χ4n) is 4.11. The van der Waals surface area contributed by atoms with E-state index in [1.807, 2.05) is 31.6 Å². The molecule has 3 heterocycles. The third kappa shape index (κ3) is 7.39. The molecule has 1 saturated heterocycles. The SMILES string of the molecule is CC(C)(C)OC(=O)N1CCC(n2cc(-c3cnc(N)c(C(=O)Nc4cccc(OC(F)(F)F)c4)c3)cn2)CC1. The summed E-state index contributed by atoms with van der Waals surface area (Å²) in [5.41, 5.74) is 6.80. The molecular formula is C26H29F3N6O4. The summed E-state index contributed by atoms with van der Waals surface area (Å²) in [6.07, 6.45) is 1.20. The summed E-state index contributed by atoms with van der Waals surface area (Å²) in [5.74, 6) is -1.15. The smallest absolute Gasteiger partial charge is 0.444 e. The molecule has 0 atom stereocenters. The lowest BCUT2D eigenvalue weighted by atomic mass is 10.1. The molecule has 1 aliphatic heterocycles. The predicted molar refractivity (Wildman–Crippen MR) is 137 cm³/mol. The lowest BCUT2D eigenvalue weighted by molar-refractivity contribution is -0.274. The molecule has 2 amide bonds. The maximum atomic E-state index is 12.9. The van der Waals surface area contributed by atoms with Gasteiger partial charge in [-0.05, 0) is 51.8 Å². The Bertz CT molecular complexity index is 1340. The predicted octanol–water partition coefficient (Wildman–Crippen LogP) is 5.25. The first kappa shape index (κ1) is 27.7. The lowest BCUT2D eigenvalue weighted by Gasteiger charge is -2.33. The number of likely N-dealkylation sites (tertiary alicyclic amines) is 1. The number of ether oxygens (including phenoxy) is 2. The van der Waals surface area contributed by atoms with E-state index < -0.39 is 23.6 Å². The number of alkyl halides is 3. The van der Waals surface area contributed by atoms with E-state index in [-0.39, 0.29) is 29.2 Å². The van der Waals surface area contributed by atoms with E-state index in [1.54, 1.807) is 17.2 Å². The monoisotopic (exact) mass is 546 g/mol. The number of aromatic nitrogens is 3. The van der Waals surface area contributed by atoms with Crippen molar-refractivity contribution < 1.29 is 32.2 Å². The van der Waals surface area contributed by atoms with Crippen LogP contribution >= 0.6 is 0 Å². The number of carbonyl (C=O) groups is 2. The molecule has 208 valence electrons. The molecule has 0 unspecified atom stereocenters. The fraction of sp³-hybridized carbons (Fsp3) is 0.385. The molecule has 3 aromatic rings. The number of hydrogen-bond donors (Lipinski definition) is 2. The first-order valence-electron chi connectivity index (χ1n) is 12.2. The molecule has 13 heteroatoms. The zero-order valence-corrected chi connectivity index (χ0v) is 21.7. The summed E-state index contributed by atoms with van der Waals surface area (Å²) in [6, 6.07) is 6.54. The van der Waals surface area contributed by atoms with E-state index in [9.17, 15) is 22.8 Å². The van der Waals surface area contributed by atoms with Gasteiger partial charge in [-0.15, -0.1) is 13.2 Å². The van der Waals surface area contributed by atoms with Gasteiger partial charge in [0.1, 0.15) is 17.2 Å². The van der Waals surface area contributed by atoms with Gasteiger partial charge in [0.2, 0.25) is 0 Å². The molecule has 0 radical (unpaired) electrons. The highest BCUT2D eigenvalue weighted by Gasteiger charge is 2.31. The zero-order chi connectivity index (χ0) is 28.4. The molecule has 0 bridgehead atoms. The van der Waals surface area contributed by atoms with Gasteiger partial charge in [-0.3, -0.25) is 9.48 Å². The van der Waals surface area contributed by atoms with Crippen LogP contribution in [0.4, 0.5) is 29.5 Å². The molecule has 39 heavy (non-hydrogen) atoms. The van der Waals surface area contributed by atoms with Crippen LogP contribution < -0.4 is 15.8 Å². The van der Waals surface area contributed by atoms with Gasteiger partial charge in [0.25, 0.3) is 5.91 Å². The fourth-order valence-corrected chi connectivity index (χ4v) is 4.11. The highest BCUT2D eigenvalue weighted by Crippen LogP contribution is 2.29. The van der Waals surface area contributed by atoms with Gasteiger partial charge >= 0.3 is 12.5 Å². The number of nitrogens with one attached hydrogen (secondary N) is 1. The van der Waals surface area contributed by atoms with Crippen LogP contribution in [0.3, 0.4) is 0 Å². The second kappa shape index (κ2) is 10.8. The highest BCUT2D eigenvalue weighted by molar-refractivity contribution is 6.07. The van der Waals surface area contributed by atoms with Gasteiger partial charge in [-0.2, -0.15) is 5.10 Å². The Morgan fingerprint density at radius 3 is 2.46 bits per heavy atom. The van der Waals surface area contributed by atoms with Crippen molar-refractivity contribution in [2.45, 2.75) is 51.6 Å². The summed E-state index contributed by atoms with van der Waals surface area (Å²) in [4.78, 5) is 31.0. The lowest BCUT2D eigenvalue weighted by Crippen LogP contribution is -2.42. The molecule has 0 spiro atoms. The van der Waals surface area contributed by atoms with E-state index in [0.29, 0.717) is 37.1 Å². The summed E-state index contributed by atoms with van der Waals surface area (Å²) in [6.45, 7) is 6.56. The first-order valence-corrected chi connectivity index (χ1v) is 12.2. The van der Waals surface area contributed by atoms with Crippen LogP contribution in [0.15, 0.2) is 48.9 Å². The number of nitrogen functional groups attached to an aromatic ring is 1. The van der Waals surface area contributed by atoms with Crippen LogP contribution in [0.1, 0.15) is 50.0 Å². The summed E-state index contributed by atoms with van der Waals surface area (Å²) in [7, 11) is 0. The molecule has 1 aliphatic rings. The quantitative estimate of drug-likeness (QED) is 0.448. The van der Waals surface area contributed by atoms with E-state index in [1.165, 1.54) is 18.3 Å². The number of anilines is 2. The summed E-state index contributed by atoms with van der Waals surface area (Å²) >= 11 is 0. The molecule has 4 rings (SSSR count). The molecule has 0 saturated carbocycles. The van der Waals surface area contributed by atoms with Gasteiger partial charge in [0.15, 0.2) is 0 Å². The minimum Gasteiger partial charge on any atom is -0.444 e. The molecule has 1 fully saturated rings. The normalized spacial score (nSPS) is 14.7. The molecule has 1 aromatic carbocycles. The van der Waals surface area contributed by atoms with Crippen LogP contribution in [0.5, 0.6) is 5.75 Å². The molecule has 3 N–H and O–H groups in total. The average molecular weight is 547 g/mol. The van der Waals surface area contributed by atoms with Crippen molar-refractivity contribution in [3.05, 3.63) is 54.5 Å².